The second-order valence-electron chi connectivity index (χ2n) is 1.67. The number of hydrogen-bond acceptors (Lipinski definition) is 2. The Hall–Kier alpha value is -0.0200. The van der Waals surface area contributed by atoms with Crippen LogP contribution in [0.25, 0.3) is 0 Å². The van der Waals surface area contributed by atoms with Crippen molar-refractivity contribution in [2.75, 3.05) is 18.4 Å². The zero-order valence-corrected chi connectivity index (χ0v) is 6.19. The lowest BCUT2D eigenvalue weighted by molar-refractivity contribution is 0.285. The van der Waals surface area contributed by atoms with Crippen molar-refractivity contribution in [1.29, 1.82) is 0 Å². The highest BCUT2D eigenvalue weighted by molar-refractivity contribution is 9.09. The summed E-state index contributed by atoms with van der Waals surface area (Å²) in [5.74, 6) is 0. The van der Waals surface area contributed by atoms with Crippen molar-refractivity contribution in [3.8, 4) is 0 Å². The Balaban J connectivity index is 2.10. The van der Waals surface area contributed by atoms with Crippen molar-refractivity contribution in [2.45, 2.75) is 0 Å². The topological polar surface area (TPSA) is 15.3 Å². The van der Waals surface area contributed by atoms with E-state index in [1.54, 1.807) is 0 Å². The Morgan fingerprint density at radius 2 is 2.62 bits per heavy atom. The molecule has 2 nitrogen and oxygen atoms in total. The molecule has 0 aliphatic carbocycles. The van der Waals surface area contributed by atoms with Crippen LogP contribution in [0.4, 0.5) is 0 Å². The van der Waals surface area contributed by atoms with E-state index in [2.05, 4.69) is 32.4 Å². The average molecular weight is 177 g/mol. The standard InChI is InChI=1S/C5H9BrN2/c6-2-5-8-4-1-3-7-8/h1,3,7H,2,4-5H2. The van der Waals surface area contributed by atoms with E-state index in [1.807, 2.05) is 6.20 Å². The Kier molecular flexibility index (Phi) is 2.36. The van der Waals surface area contributed by atoms with E-state index in [-0.39, 0.29) is 0 Å². The van der Waals surface area contributed by atoms with E-state index in [0.717, 1.165) is 18.4 Å². The van der Waals surface area contributed by atoms with Crippen molar-refractivity contribution in [2.24, 2.45) is 0 Å². The predicted molar refractivity (Wildman–Crippen MR) is 37.6 cm³/mol. The molecule has 1 N–H and O–H groups in total. The first-order valence-corrected chi connectivity index (χ1v) is 3.78. The van der Waals surface area contributed by atoms with Gasteiger partial charge in [0.05, 0.1) is 0 Å². The monoisotopic (exact) mass is 176 g/mol. The summed E-state index contributed by atoms with van der Waals surface area (Å²) in [5, 5.41) is 3.16. The Labute approximate surface area is 57.7 Å². The molecule has 0 saturated heterocycles. The van der Waals surface area contributed by atoms with E-state index in [0.29, 0.717) is 0 Å². The lowest BCUT2D eigenvalue weighted by Gasteiger charge is -2.12. The van der Waals surface area contributed by atoms with Gasteiger partial charge in [0.25, 0.3) is 0 Å². The van der Waals surface area contributed by atoms with Crippen LogP contribution >= 0.6 is 15.9 Å². The van der Waals surface area contributed by atoms with Gasteiger partial charge in [0, 0.05) is 24.6 Å². The number of alkyl halides is 1. The fraction of sp³-hybridized carbons (Fsp3) is 0.600. The highest BCUT2D eigenvalue weighted by Gasteiger charge is 2.01. The third-order valence-electron chi connectivity index (χ3n) is 1.06. The summed E-state index contributed by atoms with van der Waals surface area (Å²) >= 11 is 3.35. The fourth-order valence-corrected chi connectivity index (χ4v) is 1.08. The normalized spacial score (nSPS) is 19.1. The molecular weight excluding hydrogens is 168 g/mol. The Morgan fingerprint density at radius 1 is 1.75 bits per heavy atom. The van der Waals surface area contributed by atoms with Gasteiger partial charge in [-0.2, -0.15) is 0 Å². The number of nitrogens with zero attached hydrogens (tertiary/aromatic N) is 1. The molecule has 0 radical (unpaired) electrons. The number of hydrogen-bond donors (Lipinski definition) is 1. The number of halogens is 1. The maximum atomic E-state index is 3.35. The van der Waals surface area contributed by atoms with Gasteiger partial charge in [-0.15, -0.1) is 0 Å². The molecule has 0 bridgehead atoms. The molecule has 0 saturated carbocycles. The van der Waals surface area contributed by atoms with Crippen LogP contribution in [0.1, 0.15) is 0 Å². The van der Waals surface area contributed by atoms with Gasteiger partial charge in [0.1, 0.15) is 0 Å². The molecule has 0 fully saturated rings. The van der Waals surface area contributed by atoms with E-state index in [4.69, 9.17) is 0 Å². The fourth-order valence-electron chi connectivity index (χ4n) is 0.649. The SMILES string of the molecule is BrCCN1CC=CN1. The zero-order chi connectivity index (χ0) is 5.82. The largest absolute Gasteiger partial charge is 0.326 e. The summed E-state index contributed by atoms with van der Waals surface area (Å²) in [6, 6.07) is 0. The molecule has 0 aromatic rings. The quantitative estimate of drug-likeness (QED) is 0.625. The van der Waals surface area contributed by atoms with Gasteiger partial charge in [-0.25, -0.2) is 5.01 Å². The third kappa shape index (κ3) is 1.49. The predicted octanol–water partition coefficient (Wildman–Crippen LogP) is 0.715. The van der Waals surface area contributed by atoms with Crippen LogP contribution in [0.3, 0.4) is 0 Å². The minimum atomic E-state index is 1.03. The van der Waals surface area contributed by atoms with Gasteiger partial charge in [-0.1, -0.05) is 22.0 Å². The summed E-state index contributed by atoms with van der Waals surface area (Å²) in [6.07, 6.45) is 4.06. The van der Waals surface area contributed by atoms with Crippen LogP contribution in [-0.2, 0) is 0 Å². The number of rotatable bonds is 2. The van der Waals surface area contributed by atoms with Crippen molar-refractivity contribution in [3.05, 3.63) is 12.3 Å². The molecule has 0 atom stereocenters. The maximum Gasteiger partial charge on any atom is 0.0376 e. The van der Waals surface area contributed by atoms with Crippen LogP contribution in [-0.4, -0.2) is 23.4 Å². The molecular formula is C5H9BrN2. The first-order chi connectivity index (χ1) is 3.93. The van der Waals surface area contributed by atoms with Gasteiger partial charge < -0.3 is 5.43 Å². The molecule has 1 aliphatic heterocycles. The van der Waals surface area contributed by atoms with Crippen molar-refractivity contribution >= 4 is 15.9 Å². The van der Waals surface area contributed by atoms with E-state index < -0.39 is 0 Å². The zero-order valence-electron chi connectivity index (χ0n) is 4.60. The molecule has 0 aromatic carbocycles. The maximum absolute atomic E-state index is 3.35. The van der Waals surface area contributed by atoms with Gasteiger partial charge in [0.15, 0.2) is 0 Å². The van der Waals surface area contributed by atoms with Gasteiger partial charge in [-0.05, 0) is 0 Å². The van der Waals surface area contributed by atoms with Crippen LogP contribution in [0.5, 0.6) is 0 Å². The van der Waals surface area contributed by atoms with Crippen LogP contribution in [0, 0.1) is 0 Å². The highest BCUT2D eigenvalue weighted by Crippen LogP contribution is 1.92. The van der Waals surface area contributed by atoms with Crippen molar-refractivity contribution in [1.82, 2.24) is 10.4 Å². The van der Waals surface area contributed by atoms with Crippen molar-refractivity contribution < 1.29 is 0 Å². The molecule has 0 aromatic heterocycles. The lowest BCUT2D eigenvalue weighted by Crippen LogP contribution is -2.31. The van der Waals surface area contributed by atoms with Crippen molar-refractivity contribution in [3.63, 3.8) is 0 Å². The van der Waals surface area contributed by atoms with Gasteiger partial charge >= 0.3 is 0 Å². The van der Waals surface area contributed by atoms with E-state index >= 15 is 0 Å². The minimum absolute atomic E-state index is 1.03. The van der Waals surface area contributed by atoms with Gasteiger partial charge in [-0.3, -0.25) is 0 Å². The molecule has 0 unspecified atom stereocenters. The summed E-state index contributed by atoms with van der Waals surface area (Å²) in [5.41, 5.74) is 3.08. The summed E-state index contributed by atoms with van der Waals surface area (Å²) in [6.45, 7) is 2.10. The Morgan fingerprint density at radius 3 is 3.12 bits per heavy atom. The van der Waals surface area contributed by atoms with Crippen LogP contribution in [0.15, 0.2) is 12.3 Å². The molecule has 8 heavy (non-hydrogen) atoms. The van der Waals surface area contributed by atoms with E-state index in [1.165, 1.54) is 0 Å². The highest BCUT2D eigenvalue weighted by atomic mass is 79.9. The molecule has 1 aliphatic rings. The summed E-state index contributed by atoms with van der Waals surface area (Å²) < 4.78 is 0. The molecule has 0 spiro atoms. The number of nitrogens with one attached hydrogen (secondary N) is 1. The first-order valence-electron chi connectivity index (χ1n) is 2.65. The van der Waals surface area contributed by atoms with Crippen LogP contribution in [0.2, 0.25) is 0 Å². The smallest absolute Gasteiger partial charge is 0.0376 e. The second-order valence-corrected chi connectivity index (χ2v) is 2.46. The van der Waals surface area contributed by atoms with Gasteiger partial charge in [0.2, 0.25) is 0 Å². The first kappa shape index (κ1) is 6.11. The lowest BCUT2D eigenvalue weighted by atomic mass is 10.6. The number of hydrazine groups is 1. The molecule has 1 rings (SSSR count). The molecule has 0 amide bonds. The second kappa shape index (κ2) is 3.10. The summed E-state index contributed by atoms with van der Waals surface area (Å²) in [4.78, 5) is 0. The minimum Gasteiger partial charge on any atom is -0.326 e. The van der Waals surface area contributed by atoms with E-state index in [9.17, 15) is 0 Å². The summed E-state index contributed by atoms with van der Waals surface area (Å²) in [7, 11) is 0. The molecule has 46 valence electrons. The molecule has 1 heterocycles. The molecule has 3 heteroatoms. The third-order valence-corrected chi connectivity index (χ3v) is 1.41. The Bertz CT molecular complexity index is 84.4. The van der Waals surface area contributed by atoms with Crippen LogP contribution < -0.4 is 5.43 Å². The average Bonchev–Trinajstić information content (AvgIpc) is 2.19.